The number of nitrogens with one attached hydrogen (secondary N) is 1. The molecule has 1 saturated carbocycles. The molecule has 2 fully saturated rings. The minimum Gasteiger partial charge on any atom is -0.326 e. The van der Waals surface area contributed by atoms with Gasteiger partial charge in [-0.1, -0.05) is 17.7 Å². The second kappa shape index (κ2) is 9.22. The second-order valence-electron chi connectivity index (χ2n) is 9.96. The Morgan fingerprint density at radius 1 is 1.00 bits per heavy atom. The zero-order valence-corrected chi connectivity index (χ0v) is 21.5. The highest BCUT2D eigenvalue weighted by Crippen LogP contribution is 2.40. The molecule has 0 unspecified atom stereocenters. The number of rotatable bonds is 5. The Morgan fingerprint density at radius 3 is 2.37 bits per heavy atom. The van der Waals surface area contributed by atoms with Crippen LogP contribution in [-0.2, 0) is 26.0 Å². The van der Waals surface area contributed by atoms with Crippen LogP contribution in [0.15, 0.2) is 41.3 Å². The van der Waals surface area contributed by atoms with Crippen molar-refractivity contribution in [1.82, 2.24) is 4.31 Å². The van der Waals surface area contributed by atoms with E-state index in [2.05, 4.69) is 5.32 Å². The molecule has 2 aliphatic heterocycles. The first kappa shape index (κ1) is 24.3. The van der Waals surface area contributed by atoms with Gasteiger partial charge in [0.2, 0.25) is 21.8 Å². The summed E-state index contributed by atoms with van der Waals surface area (Å²) in [4.78, 5) is 27.5. The smallest absolute Gasteiger partial charge is 0.243 e. The monoisotopic (exact) mass is 515 g/mol. The van der Waals surface area contributed by atoms with Crippen molar-refractivity contribution < 1.29 is 18.0 Å². The number of hydrogen-bond donors (Lipinski definition) is 1. The van der Waals surface area contributed by atoms with Crippen molar-refractivity contribution in [3.05, 3.63) is 52.5 Å². The zero-order valence-electron chi connectivity index (χ0n) is 20.0. The van der Waals surface area contributed by atoms with E-state index in [0.29, 0.717) is 30.0 Å². The third-order valence-electron chi connectivity index (χ3n) is 7.33. The molecular weight excluding hydrogens is 486 g/mol. The fourth-order valence-electron chi connectivity index (χ4n) is 5.05. The molecule has 7 nitrogen and oxygen atoms in total. The van der Waals surface area contributed by atoms with E-state index >= 15 is 0 Å². The van der Waals surface area contributed by atoms with Gasteiger partial charge in [-0.15, -0.1) is 0 Å². The van der Waals surface area contributed by atoms with Gasteiger partial charge in [0, 0.05) is 47.4 Å². The van der Waals surface area contributed by atoms with Crippen molar-refractivity contribution in [3.8, 4) is 0 Å². The van der Waals surface area contributed by atoms with Crippen LogP contribution in [0.4, 0.5) is 11.4 Å². The number of carbonyl (C=O) groups excluding carboxylic acids is 2. The number of hydrogen-bond acceptors (Lipinski definition) is 4. The SMILES string of the molecule is Cc1ccc(NC(=O)C2CCN(S(=O)(=O)c3ccc4c(c3)C[C@@H](C)N4C(=O)C3CC3)CC2)cc1Cl. The molecule has 1 N–H and O–H groups in total. The number of piperidine rings is 1. The number of sulfonamides is 1. The highest BCUT2D eigenvalue weighted by Gasteiger charge is 2.40. The third kappa shape index (κ3) is 4.71. The van der Waals surface area contributed by atoms with Gasteiger partial charge in [0.25, 0.3) is 0 Å². The predicted molar refractivity (Wildman–Crippen MR) is 136 cm³/mol. The van der Waals surface area contributed by atoms with Gasteiger partial charge >= 0.3 is 0 Å². The van der Waals surface area contributed by atoms with Crippen molar-refractivity contribution in [2.75, 3.05) is 23.3 Å². The molecule has 35 heavy (non-hydrogen) atoms. The topological polar surface area (TPSA) is 86.8 Å². The fourth-order valence-corrected chi connectivity index (χ4v) is 6.75. The molecule has 1 atom stereocenters. The van der Waals surface area contributed by atoms with Gasteiger partial charge in [-0.3, -0.25) is 9.59 Å². The number of fused-ring (bicyclic) bond motifs is 1. The molecule has 2 heterocycles. The maximum Gasteiger partial charge on any atom is 0.243 e. The zero-order chi connectivity index (χ0) is 24.9. The number of nitrogens with zero attached hydrogens (tertiary/aromatic N) is 2. The molecule has 0 bridgehead atoms. The van der Waals surface area contributed by atoms with Crippen LogP contribution in [0, 0.1) is 18.8 Å². The molecule has 2 amide bonds. The highest BCUT2D eigenvalue weighted by molar-refractivity contribution is 7.89. The van der Waals surface area contributed by atoms with E-state index in [1.165, 1.54) is 4.31 Å². The Labute approximate surface area is 211 Å². The first-order valence-electron chi connectivity index (χ1n) is 12.2. The van der Waals surface area contributed by atoms with Crippen LogP contribution in [0.25, 0.3) is 0 Å². The number of anilines is 2. The Balaban J connectivity index is 1.24. The van der Waals surface area contributed by atoms with Gasteiger partial charge < -0.3 is 10.2 Å². The van der Waals surface area contributed by atoms with Gasteiger partial charge in [-0.25, -0.2) is 8.42 Å². The largest absolute Gasteiger partial charge is 0.326 e. The van der Waals surface area contributed by atoms with Crippen LogP contribution < -0.4 is 10.2 Å². The fraction of sp³-hybridized carbons (Fsp3) is 0.462. The molecule has 3 aliphatic rings. The first-order valence-corrected chi connectivity index (χ1v) is 14.0. The standard InChI is InChI=1S/C26H30ClN3O4S/c1-16-3-6-21(15-23(16)27)28-25(31)18-9-11-29(12-10-18)35(33,34)22-7-8-24-20(14-22)13-17(2)30(24)26(32)19-4-5-19/h3,6-8,14-15,17-19H,4-5,9-13H2,1-2H3,(H,28,31)/t17-/m1/s1. The lowest BCUT2D eigenvalue weighted by molar-refractivity contribution is -0.121. The third-order valence-corrected chi connectivity index (χ3v) is 9.63. The number of benzene rings is 2. The number of halogens is 1. The Hall–Kier alpha value is -2.42. The molecule has 0 spiro atoms. The molecule has 2 aromatic carbocycles. The lowest BCUT2D eigenvalue weighted by Crippen LogP contribution is -2.41. The van der Waals surface area contributed by atoms with Crippen molar-refractivity contribution in [1.29, 1.82) is 0 Å². The van der Waals surface area contributed by atoms with Gasteiger partial charge in [0.15, 0.2) is 0 Å². The average Bonchev–Trinajstić information content (AvgIpc) is 3.63. The lowest BCUT2D eigenvalue weighted by Gasteiger charge is -2.30. The van der Waals surface area contributed by atoms with E-state index in [-0.39, 0.29) is 47.7 Å². The lowest BCUT2D eigenvalue weighted by atomic mass is 9.97. The van der Waals surface area contributed by atoms with E-state index in [1.54, 1.807) is 24.3 Å². The number of aryl methyl sites for hydroxylation is 1. The summed E-state index contributed by atoms with van der Waals surface area (Å²) >= 11 is 6.15. The minimum atomic E-state index is -3.68. The molecular formula is C26H30ClN3O4S. The summed E-state index contributed by atoms with van der Waals surface area (Å²) in [6.07, 6.45) is 3.45. The van der Waals surface area contributed by atoms with Gasteiger partial charge in [-0.2, -0.15) is 4.31 Å². The maximum absolute atomic E-state index is 13.4. The van der Waals surface area contributed by atoms with E-state index in [1.807, 2.05) is 30.9 Å². The minimum absolute atomic E-state index is 0.0359. The molecule has 1 aliphatic carbocycles. The van der Waals surface area contributed by atoms with Crippen LogP contribution in [0.1, 0.15) is 43.7 Å². The summed E-state index contributed by atoms with van der Waals surface area (Å²) in [6, 6.07) is 10.5. The van der Waals surface area contributed by atoms with Crippen LogP contribution in [0.3, 0.4) is 0 Å². The van der Waals surface area contributed by atoms with Crippen LogP contribution in [-0.4, -0.2) is 43.7 Å². The molecule has 9 heteroatoms. The summed E-state index contributed by atoms with van der Waals surface area (Å²) in [5.74, 6) is -0.105. The first-order chi connectivity index (χ1) is 16.6. The average molecular weight is 516 g/mol. The summed E-state index contributed by atoms with van der Waals surface area (Å²) in [7, 11) is -3.68. The highest BCUT2D eigenvalue weighted by atomic mass is 35.5. The van der Waals surface area contributed by atoms with Crippen LogP contribution in [0.5, 0.6) is 0 Å². The maximum atomic E-state index is 13.4. The van der Waals surface area contributed by atoms with E-state index < -0.39 is 10.0 Å². The number of carbonyl (C=O) groups is 2. The Kier molecular flexibility index (Phi) is 6.40. The van der Waals surface area contributed by atoms with Crippen molar-refractivity contribution >= 4 is 44.8 Å². The van der Waals surface area contributed by atoms with Crippen molar-refractivity contribution in [2.45, 2.75) is 56.9 Å². The Morgan fingerprint density at radius 2 is 1.71 bits per heavy atom. The Bertz CT molecular complexity index is 1280. The summed E-state index contributed by atoms with van der Waals surface area (Å²) in [5.41, 5.74) is 3.31. The molecule has 5 rings (SSSR count). The van der Waals surface area contributed by atoms with Gasteiger partial charge in [0.1, 0.15) is 0 Å². The summed E-state index contributed by atoms with van der Waals surface area (Å²) in [5, 5.41) is 3.49. The second-order valence-corrected chi connectivity index (χ2v) is 12.3. The predicted octanol–water partition coefficient (Wildman–Crippen LogP) is 4.38. The molecule has 186 valence electrons. The summed E-state index contributed by atoms with van der Waals surface area (Å²) in [6.45, 7) is 4.48. The normalized spacial score (nSPS) is 21.1. The molecule has 2 aromatic rings. The van der Waals surface area contributed by atoms with Gasteiger partial charge in [-0.05, 0) is 87.4 Å². The van der Waals surface area contributed by atoms with Gasteiger partial charge in [0.05, 0.1) is 4.90 Å². The molecule has 1 saturated heterocycles. The van der Waals surface area contributed by atoms with Crippen molar-refractivity contribution in [3.63, 3.8) is 0 Å². The van der Waals surface area contributed by atoms with E-state index in [9.17, 15) is 18.0 Å². The van der Waals surface area contributed by atoms with E-state index in [4.69, 9.17) is 11.6 Å². The summed E-state index contributed by atoms with van der Waals surface area (Å²) < 4.78 is 28.2. The van der Waals surface area contributed by atoms with Crippen LogP contribution >= 0.6 is 11.6 Å². The van der Waals surface area contributed by atoms with Crippen molar-refractivity contribution in [2.24, 2.45) is 11.8 Å². The molecule has 0 radical (unpaired) electrons. The van der Waals surface area contributed by atoms with Crippen LogP contribution in [0.2, 0.25) is 5.02 Å². The van der Waals surface area contributed by atoms with E-state index in [0.717, 1.165) is 29.7 Å². The quantitative estimate of drug-likeness (QED) is 0.640. The number of amides is 2. The molecule has 0 aromatic heterocycles.